The standard InChI is InChI=1S/C13H17NO3/c1-2-10-7-6-9-4-3-5-11(12(9)14-10)13(16)17-8-15/h6-7,11,15H,2-5,8H2,1H3. The molecule has 92 valence electrons. The zero-order valence-corrected chi connectivity index (χ0v) is 9.98. The molecule has 1 unspecified atom stereocenters. The maximum atomic E-state index is 11.7. The van der Waals surface area contributed by atoms with Gasteiger partial charge in [0.1, 0.15) is 0 Å². The molecule has 0 amide bonds. The maximum absolute atomic E-state index is 11.7. The van der Waals surface area contributed by atoms with Crippen LogP contribution in [0.15, 0.2) is 12.1 Å². The number of aromatic nitrogens is 1. The Kier molecular flexibility index (Phi) is 3.74. The Morgan fingerprint density at radius 2 is 2.41 bits per heavy atom. The highest BCUT2D eigenvalue weighted by Gasteiger charge is 2.29. The number of aryl methyl sites for hydroxylation is 2. The minimum Gasteiger partial charge on any atom is -0.438 e. The molecule has 1 aromatic heterocycles. The summed E-state index contributed by atoms with van der Waals surface area (Å²) in [5.41, 5.74) is 2.97. The van der Waals surface area contributed by atoms with Gasteiger partial charge in [0, 0.05) is 5.69 Å². The average molecular weight is 235 g/mol. The fourth-order valence-corrected chi connectivity index (χ4v) is 2.28. The lowest BCUT2D eigenvalue weighted by Gasteiger charge is -2.23. The van der Waals surface area contributed by atoms with Crippen molar-refractivity contribution in [1.29, 1.82) is 0 Å². The molecular formula is C13H17NO3. The predicted molar refractivity (Wildman–Crippen MR) is 62.5 cm³/mol. The van der Waals surface area contributed by atoms with E-state index in [1.165, 1.54) is 0 Å². The van der Waals surface area contributed by atoms with Gasteiger partial charge in [-0.2, -0.15) is 0 Å². The van der Waals surface area contributed by atoms with Crippen molar-refractivity contribution in [1.82, 2.24) is 4.98 Å². The zero-order valence-electron chi connectivity index (χ0n) is 9.98. The number of hydrogen-bond acceptors (Lipinski definition) is 4. The van der Waals surface area contributed by atoms with Gasteiger partial charge in [-0.15, -0.1) is 0 Å². The van der Waals surface area contributed by atoms with E-state index in [1.807, 2.05) is 13.0 Å². The molecule has 0 bridgehead atoms. The number of aliphatic hydroxyl groups is 1. The van der Waals surface area contributed by atoms with Crippen LogP contribution in [-0.4, -0.2) is 22.9 Å². The number of nitrogens with zero attached hydrogens (tertiary/aromatic N) is 1. The molecule has 0 saturated heterocycles. The Morgan fingerprint density at radius 3 is 3.12 bits per heavy atom. The Morgan fingerprint density at radius 1 is 1.59 bits per heavy atom. The van der Waals surface area contributed by atoms with E-state index in [4.69, 9.17) is 5.11 Å². The Hall–Kier alpha value is -1.42. The van der Waals surface area contributed by atoms with Crippen LogP contribution in [-0.2, 0) is 22.4 Å². The molecule has 0 aromatic carbocycles. The minimum absolute atomic E-state index is 0.308. The third-order valence-corrected chi connectivity index (χ3v) is 3.19. The summed E-state index contributed by atoms with van der Waals surface area (Å²) in [6.45, 7) is 1.48. The van der Waals surface area contributed by atoms with E-state index in [9.17, 15) is 4.79 Å². The third-order valence-electron chi connectivity index (χ3n) is 3.19. The molecule has 0 saturated carbocycles. The van der Waals surface area contributed by atoms with Crippen molar-refractivity contribution >= 4 is 5.97 Å². The van der Waals surface area contributed by atoms with Crippen LogP contribution in [0.1, 0.15) is 42.6 Å². The van der Waals surface area contributed by atoms with Crippen molar-refractivity contribution in [3.63, 3.8) is 0 Å². The van der Waals surface area contributed by atoms with E-state index in [0.29, 0.717) is 0 Å². The van der Waals surface area contributed by atoms with E-state index in [0.717, 1.165) is 42.6 Å². The summed E-state index contributed by atoms with van der Waals surface area (Å²) in [6, 6.07) is 4.07. The SMILES string of the molecule is CCc1ccc2c(n1)C(C(=O)OCO)CCC2. The van der Waals surface area contributed by atoms with Crippen molar-refractivity contribution in [2.24, 2.45) is 0 Å². The van der Waals surface area contributed by atoms with Gasteiger partial charge in [-0.25, -0.2) is 0 Å². The number of esters is 1. The molecule has 1 heterocycles. The van der Waals surface area contributed by atoms with Crippen LogP contribution in [0.3, 0.4) is 0 Å². The summed E-state index contributed by atoms with van der Waals surface area (Å²) in [5, 5.41) is 8.65. The summed E-state index contributed by atoms with van der Waals surface area (Å²) in [4.78, 5) is 16.3. The van der Waals surface area contributed by atoms with Crippen molar-refractivity contribution in [2.75, 3.05) is 6.79 Å². The second-order valence-corrected chi connectivity index (χ2v) is 4.24. The van der Waals surface area contributed by atoms with Crippen molar-refractivity contribution in [3.8, 4) is 0 Å². The fourth-order valence-electron chi connectivity index (χ4n) is 2.28. The number of rotatable bonds is 3. The van der Waals surface area contributed by atoms with Gasteiger partial charge in [0.05, 0.1) is 11.6 Å². The molecule has 17 heavy (non-hydrogen) atoms. The highest BCUT2D eigenvalue weighted by Crippen LogP contribution is 2.31. The quantitative estimate of drug-likeness (QED) is 0.638. The van der Waals surface area contributed by atoms with Crippen LogP contribution >= 0.6 is 0 Å². The Bertz CT molecular complexity index is 417. The first-order valence-corrected chi connectivity index (χ1v) is 6.02. The molecule has 1 aliphatic rings. The molecular weight excluding hydrogens is 218 g/mol. The molecule has 2 rings (SSSR count). The monoisotopic (exact) mass is 235 g/mol. The molecule has 0 fully saturated rings. The lowest BCUT2D eigenvalue weighted by molar-refractivity contribution is -0.154. The number of aliphatic hydroxyl groups excluding tert-OH is 1. The number of hydrogen-bond donors (Lipinski definition) is 1. The highest BCUT2D eigenvalue weighted by molar-refractivity contribution is 5.78. The van der Waals surface area contributed by atoms with Gasteiger partial charge in [-0.3, -0.25) is 9.78 Å². The van der Waals surface area contributed by atoms with Crippen LogP contribution in [0.5, 0.6) is 0 Å². The number of carbonyl (C=O) groups excluding carboxylic acids is 1. The summed E-state index contributed by atoms with van der Waals surface area (Å²) >= 11 is 0. The summed E-state index contributed by atoms with van der Waals surface area (Å²) < 4.78 is 4.69. The number of pyridine rings is 1. The Balaban J connectivity index is 2.31. The van der Waals surface area contributed by atoms with Gasteiger partial charge < -0.3 is 9.84 Å². The number of carbonyl (C=O) groups is 1. The van der Waals surface area contributed by atoms with E-state index < -0.39 is 6.79 Å². The van der Waals surface area contributed by atoms with Gasteiger partial charge in [0.25, 0.3) is 0 Å². The van der Waals surface area contributed by atoms with Gasteiger partial charge in [0.2, 0.25) is 0 Å². The Labute approximate surface area is 101 Å². The van der Waals surface area contributed by atoms with Gasteiger partial charge >= 0.3 is 5.97 Å². The minimum atomic E-state index is -0.557. The van der Waals surface area contributed by atoms with Crippen molar-refractivity contribution < 1.29 is 14.6 Å². The molecule has 0 spiro atoms. The van der Waals surface area contributed by atoms with E-state index >= 15 is 0 Å². The zero-order chi connectivity index (χ0) is 12.3. The van der Waals surface area contributed by atoms with Crippen molar-refractivity contribution in [2.45, 2.75) is 38.5 Å². The molecule has 0 aliphatic heterocycles. The second kappa shape index (κ2) is 5.27. The lowest BCUT2D eigenvalue weighted by Crippen LogP contribution is -2.23. The number of fused-ring (bicyclic) bond motifs is 1. The van der Waals surface area contributed by atoms with E-state index in [1.54, 1.807) is 0 Å². The first-order valence-electron chi connectivity index (χ1n) is 6.02. The van der Waals surface area contributed by atoms with E-state index in [2.05, 4.69) is 15.8 Å². The van der Waals surface area contributed by atoms with Crippen LogP contribution in [0.25, 0.3) is 0 Å². The summed E-state index contributed by atoms with van der Waals surface area (Å²) in [7, 11) is 0. The normalized spacial score (nSPS) is 18.6. The van der Waals surface area contributed by atoms with E-state index in [-0.39, 0.29) is 11.9 Å². The smallest absolute Gasteiger partial charge is 0.317 e. The van der Waals surface area contributed by atoms with Gasteiger partial charge in [-0.05, 0) is 37.3 Å². The van der Waals surface area contributed by atoms with Crippen LogP contribution in [0.2, 0.25) is 0 Å². The molecule has 1 aliphatic carbocycles. The molecule has 4 nitrogen and oxygen atoms in total. The predicted octanol–water partition coefficient (Wildman–Crippen LogP) is 1.56. The topological polar surface area (TPSA) is 59.4 Å². The van der Waals surface area contributed by atoms with Crippen LogP contribution in [0.4, 0.5) is 0 Å². The molecule has 1 aromatic rings. The molecule has 1 N–H and O–H groups in total. The third kappa shape index (κ3) is 2.47. The first-order chi connectivity index (χ1) is 8.26. The first kappa shape index (κ1) is 12.0. The van der Waals surface area contributed by atoms with Gasteiger partial charge in [0.15, 0.2) is 6.79 Å². The fraction of sp³-hybridized carbons (Fsp3) is 0.538. The largest absolute Gasteiger partial charge is 0.438 e. The van der Waals surface area contributed by atoms with Crippen molar-refractivity contribution in [3.05, 3.63) is 29.1 Å². The van der Waals surface area contributed by atoms with Crippen LogP contribution in [0, 0.1) is 0 Å². The second-order valence-electron chi connectivity index (χ2n) is 4.24. The lowest BCUT2D eigenvalue weighted by atomic mass is 9.86. The van der Waals surface area contributed by atoms with Crippen LogP contribution < -0.4 is 0 Å². The van der Waals surface area contributed by atoms with Gasteiger partial charge in [-0.1, -0.05) is 13.0 Å². The maximum Gasteiger partial charge on any atom is 0.317 e. The average Bonchev–Trinajstić information content (AvgIpc) is 2.37. The molecule has 0 radical (unpaired) electrons. The summed E-state index contributed by atoms with van der Waals surface area (Å²) in [5.74, 6) is -0.674. The molecule has 4 heteroatoms. The molecule has 1 atom stereocenters. The highest BCUT2D eigenvalue weighted by atomic mass is 16.6. The number of ether oxygens (including phenoxy) is 1. The summed E-state index contributed by atoms with van der Waals surface area (Å²) in [6.07, 6.45) is 3.54.